The topological polar surface area (TPSA) is 29.3 Å². The van der Waals surface area contributed by atoms with Gasteiger partial charge in [0.2, 0.25) is 0 Å². The molecule has 1 aromatic rings. The van der Waals surface area contributed by atoms with Gasteiger partial charge < -0.3 is 10.6 Å². The summed E-state index contributed by atoms with van der Waals surface area (Å²) in [6.07, 6.45) is 2.33. The van der Waals surface area contributed by atoms with Crippen molar-refractivity contribution < 1.29 is 0 Å². The third kappa shape index (κ3) is 2.81. The Morgan fingerprint density at radius 3 is 2.53 bits per heavy atom. The molecule has 1 saturated carbocycles. The smallest absolute Gasteiger partial charge is 0.0396 e. The quantitative estimate of drug-likeness (QED) is 0.864. The second kappa shape index (κ2) is 4.34. The maximum atomic E-state index is 6.19. The number of aryl methyl sites for hydroxylation is 1. The highest BCUT2D eigenvalue weighted by molar-refractivity contribution is 5.55. The summed E-state index contributed by atoms with van der Waals surface area (Å²) in [5.41, 5.74) is 10.3. The van der Waals surface area contributed by atoms with Crippen molar-refractivity contribution >= 4 is 5.69 Å². The summed E-state index contributed by atoms with van der Waals surface area (Å²) in [6.45, 7) is 7.61. The first kappa shape index (κ1) is 12.4. The largest absolute Gasteiger partial charge is 0.373 e. The molecule has 0 heterocycles. The summed E-state index contributed by atoms with van der Waals surface area (Å²) in [7, 11) is 2.15. The van der Waals surface area contributed by atoms with Gasteiger partial charge in [0.15, 0.2) is 0 Å². The molecule has 94 valence electrons. The molecule has 1 fully saturated rings. The van der Waals surface area contributed by atoms with Crippen molar-refractivity contribution in [2.75, 3.05) is 18.5 Å². The Labute approximate surface area is 105 Å². The van der Waals surface area contributed by atoms with Crippen LogP contribution in [-0.2, 0) is 0 Å². The van der Waals surface area contributed by atoms with Crippen molar-refractivity contribution in [2.45, 2.75) is 45.1 Å². The van der Waals surface area contributed by atoms with E-state index in [1.54, 1.807) is 0 Å². The summed E-state index contributed by atoms with van der Waals surface area (Å²) in [6, 6.07) is 6.76. The second-order valence-electron chi connectivity index (χ2n) is 5.92. The Morgan fingerprint density at radius 2 is 2.00 bits per heavy atom. The molecule has 2 rings (SSSR count). The third-order valence-electron chi connectivity index (χ3n) is 3.76. The molecular weight excluding hydrogens is 208 g/mol. The molecule has 1 aliphatic rings. The van der Waals surface area contributed by atoms with Gasteiger partial charge in [-0.2, -0.15) is 0 Å². The summed E-state index contributed by atoms with van der Waals surface area (Å²) in [5, 5.41) is 0. The van der Waals surface area contributed by atoms with Gasteiger partial charge in [0.25, 0.3) is 0 Å². The normalized spacial score (nSPS) is 17.3. The Bertz CT molecular complexity index is 405. The zero-order valence-corrected chi connectivity index (χ0v) is 11.5. The molecule has 0 spiro atoms. The van der Waals surface area contributed by atoms with Crippen LogP contribution in [0.4, 0.5) is 5.69 Å². The van der Waals surface area contributed by atoms with Crippen LogP contribution in [0.5, 0.6) is 0 Å². The van der Waals surface area contributed by atoms with E-state index in [1.165, 1.54) is 29.7 Å². The first-order valence-corrected chi connectivity index (χ1v) is 6.52. The minimum absolute atomic E-state index is 0.0784. The highest BCUT2D eigenvalue weighted by atomic mass is 15.1. The van der Waals surface area contributed by atoms with Crippen LogP contribution in [0.25, 0.3) is 0 Å². The van der Waals surface area contributed by atoms with E-state index in [0.717, 1.165) is 6.54 Å². The maximum absolute atomic E-state index is 6.19. The summed E-state index contributed by atoms with van der Waals surface area (Å²) in [5.74, 6) is 0.579. The molecule has 1 aliphatic carbocycles. The lowest BCUT2D eigenvalue weighted by Crippen LogP contribution is -2.37. The molecule has 1 aromatic carbocycles. The number of nitrogens with zero attached hydrogens (tertiary/aromatic N) is 1. The minimum Gasteiger partial charge on any atom is -0.373 e. The lowest BCUT2D eigenvalue weighted by molar-refractivity contribution is 0.659. The van der Waals surface area contributed by atoms with Gasteiger partial charge in [0.05, 0.1) is 0 Å². The second-order valence-corrected chi connectivity index (χ2v) is 5.92. The highest BCUT2D eigenvalue weighted by Crippen LogP contribution is 2.35. The van der Waals surface area contributed by atoms with E-state index in [2.05, 4.69) is 50.9 Å². The zero-order valence-electron chi connectivity index (χ0n) is 11.5. The first-order valence-electron chi connectivity index (χ1n) is 6.52. The lowest BCUT2D eigenvalue weighted by Gasteiger charge is -2.26. The molecule has 0 atom stereocenters. The fourth-order valence-corrected chi connectivity index (χ4v) is 2.27. The van der Waals surface area contributed by atoms with Gasteiger partial charge in [0, 0.05) is 24.8 Å². The van der Waals surface area contributed by atoms with Crippen LogP contribution < -0.4 is 10.6 Å². The highest BCUT2D eigenvalue weighted by Gasteiger charge is 2.39. The standard InChI is InChI=1S/C15H24N2/c1-11(2)13-6-5-12(3)14(9-13)17(4)10-15(16)7-8-15/h5-6,9,11H,7-8,10,16H2,1-4H3. The molecule has 0 bridgehead atoms. The molecule has 17 heavy (non-hydrogen) atoms. The predicted octanol–water partition coefficient (Wildman–Crippen LogP) is 3.05. The van der Waals surface area contributed by atoms with Crippen LogP contribution in [-0.4, -0.2) is 19.1 Å². The van der Waals surface area contributed by atoms with Crippen molar-refractivity contribution in [1.82, 2.24) is 0 Å². The Kier molecular flexibility index (Phi) is 3.17. The maximum Gasteiger partial charge on any atom is 0.0396 e. The van der Waals surface area contributed by atoms with Crippen LogP contribution in [0.3, 0.4) is 0 Å². The van der Waals surface area contributed by atoms with E-state index in [4.69, 9.17) is 5.73 Å². The Hall–Kier alpha value is -1.02. The minimum atomic E-state index is 0.0784. The van der Waals surface area contributed by atoms with Crippen molar-refractivity contribution in [3.8, 4) is 0 Å². The van der Waals surface area contributed by atoms with E-state index < -0.39 is 0 Å². The number of hydrogen-bond donors (Lipinski definition) is 1. The van der Waals surface area contributed by atoms with E-state index in [9.17, 15) is 0 Å². The monoisotopic (exact) mass is 232 g/mol. The van der Waals surface area contributed by atoms with Crippen molar-refractivity contribution in [2.24, 2.45) is 5.73 Å². The summed E-state index contributed by atoms with van der Waals surface area (Å²) in [4.78, 5) is 2.31. The predicted molar refractivity (Wildman–Crippen MR) is 74.7 cm³/mol. The first-order chi connectivity index (χ1) is 7.91. The van der Waals surface area contributed by atoms with E-state index >= 15 is 0 Å². The molecule has 0 radical (unpaired) electrons. The van der Waals surface area contributed by atoms with Gasteiger partial charge in [0.1, 0.15) is 0 Å². The fraction of sp³-hybridized carbons (Fsp3) is 0.600. The molecule has 2 heteroatoms. The fourth-order valence-electron chi connectivity index (χ4n) is 2.27. The number of anilines is 1. The van der Waals surface area contributed by atoms with Gasteiger partial charge in [-0.15, -0.1) is 0 Å². The molecule has 0 unspecified atom stereocenters. The van der Waals surface area contributed by atoms with Gasteiger partial charge in [-0.05, 0) is 42.9 Å². The lowest BCUT2D eigenvalue weighted by atomic mass is 10.00. The van der Waals surface area contributed by atoms with Crippen LogP contribution in [0.1, 0.15) is 43.7 Å². The third-order valence-corrected chi connectivity index (χ3v) is 3.76. The SMILES string of the molecule is Cc1ccc(C(C)C)cc1N(C)CC1(N)CC1. The van der Waals surface area contributed by atoms with E-state index in [1.807, 2.05) is 0 Å². The number of hydrogen-bond acceptors (Lipinski definition) is 2. The van der Waals surface area contributed by atoms with Gasteiger partial charge in [-0.3, -0.25) is 0 Å². The van der Waals surface area contributed by atoms with Gasteiger partial charge in [-0.1, -0.05) is 26.0 Å². The van der Waals surface area contributed by atoms with E-state index in [0.29, 0.717) is 5.92 Å². The van der Waals surface area contributed by atoms with Gasteiger partial charge >= 0.3 is 0 Å². The number of benzene rings is 1. The average Bonchev–Trinajstić information content (AvgIpc) is 2.96. The molecule has 2 nitrogen and oxygen atoms in total. The van der Waals surface area contributed by atoms with Crippen molar-refractivity contribution in [3.63, 3.8) is 0 Å². The molecule has 2 N–H and O–H groups in total. The number of likely N-dealkylation sites (N-methyl/N-ethyl adjacent to an activating group) is 1. The number of nitrogens with two attached hydrogens (primary N) is 1. The van der Waals surface area contributed by atoms with E-state index in [-0.39, 0.29) is 5.54 Å². The van der Waals surface area contributed by atoms with Crippen LogP contribution >= 0.6 is 0 Å². The molecule has 0 saturated heterocycles. The Morgan fingerprint density at radius 1 is 1.35 bits per heavy atom. The van der Waals surface area contributed by atoms with Gasteiger partial charge in [-0.25, -0.2) is 0 Å². The molecule has 0 aromatic heterocycles. The molecule has 0 amide bonds. The summed E-state index contributed by atoms with van der Waals surface area (Å²) < 4.78 is 0. The number of rotatable bonds is 4. The Balaban J connectivity index is 2.20. The zero-order chi connectivity index (χ0) is 12.6. The molecular formula is C15H24N2. The van der Waals surface area contributed by atoms with Crippen molar-refractivity contribution in [1.29, 1.82) is 0 Å². The van der Waals surface area contributed by atoms with Crippen molar-refractivity contribution in [3.05, 3.63) is 29.3 Å². The molecule has 0 aliphatic heterocycles. The van der Waals surface area contributed by atoms with Crippen LogP contribution in [0.2, 0.25) is 0 Å². The average molecular weight is 232 g/mol. The van der Waals surface area contributed by atoms with Crippen LogP contribution in [0, 0.1) is 6.92 Å². The van der Waals surface area contributed by atoms with Crippen LogP contribution in [0.15, 0.2) is 18.2 Å². The summed E-state index contributed by atoms with van der Waals surface area (Å²) >= 11 is 0.